The highest BCUT2D eigenvalue weighted by molar-refractivity contribution is 5.66. The molecule has 0 aromatic heterocycles. The van der Waals surface area contributed by atoms with Gasteiger partial charge in [-0.3, -0.25) is 0 Å². The van der Waals surface area contributed by atoms with Crippen molar-refractivity contribution in [3.63, 3.8) is 0 Å². The minimum atomic E-state index is 0.160. The number of nitrogens with one attached hydrogen (secondary N) is 1. The predicted molar refractivity (Wildman–Crippen MR) is 68.6 cm³/mol. The van der Waals surface area contributed by atoms with Gasteiger partial charge in [-0.25, -0.2) is 0 Å². The minimum absolute atomic E-state index is 0.160. The number of benzene rings is 1. The molecule has 2 unspecified atom stereocenters. The largest absolute Gasteiger partial charge is 0.489 e. The number of rotatable bonds is 0. The summed E-state index contributed by atoms with van der Waals surface area (Å²) in [6.45, 7) is 1.08. The Bertz CT molecular complexity index is 494. The van der Waals surface area contributed by atoms with E-state index < -0.39 is 0 Å². The van der Waals surface area contributed by atoms with E-state index in [9.17, 15) is 0 Å². The first kappa shape index (κ1) is 9.58. The summed E-state index contributed by atoms with van der Waals surface area (Å²) in [6.07, 6.45) is 9.88. The molecule has 2 aliphatic heterocycles. The van der Waals surface area contributed by atoms with Gasteiger partial charge in [0.25, 0.3) is 0 Å². The van der Waals surface area contributed by atoms with Gasteiger partial charge in [0.15, 0.2) is 0 Å². The maximum atomic E-state index is 6.19. The maximum Gasteiger partial charge on any atom is 0.126 e. The van der Waals surface area contributed by atoms with Crippen LogP contribution in [0, 0.1) is 0 Å². The summed E-state index contributed by atoms with van der Waals surface area (Å²) in [7, 11) is 0. The second-order valence-corrected chi connectivity index (χ2v) is 5.34. The van der Waals surface area contributed by atoms with Gasteiger partial charge in [-0.05, 0) is 37.8 Å². The van der Waals surface area contributed by atoms with E-state index in [-0.39, 0.29) is 5.41 Å². The predicted octanol–water partition coefficient (Wildman–Crippen LogP) is 3.24. The van der Waals surface area contributed by atoms with Gasteiger partial charge in [0.05, 0.1) is 5.41 Å². The minimum Gasteiger partial charge on any atom is -0.489 e. The first-order valence-corrected chi connectivity index (χ1v) is 6.62. The Kier molecular flexibility index (Phi) is 1.85. The number of allylic oxidation sites excluding steroid dienone is 1. The van der Waals surface area contributed by atoms with Crippen LogP contribution in [0.4, 0.5) is 5.69 Å². The lowest BCUT2D eigenvalue weighted by atomic mass is 9.70. The van der Waals surface area contributed by atoms with E-state index in [4.69, 9.17) is 4.74 Å². The SMILES string of the molecule is C1=CC23CCCNc4cccc(c42)OC3CC1. The van der Waals surface area contributed by atoms with Crippen molar-refractivity contribution in [1.29, 1.82) is 0 Å². The average Bonchev–Trinajstić information content (AvgIpc) is 2.58. The fraction of sp³-hybridized carbons (Fsp3) is 0.467. The van der Waals surface area contributed by atoms with Gasteiger partial charge >= 0.3 is 0 Å². The molecule has 0 amide bonds. The Morgan fingerprint density at radius 1 is 1.35 bits per heavy atom. The average molecular weight is 227 g/mol. The van der Waals surface area contributed by atoms with Crippen molar-refractivity contribution >= 4 is 5.69 Å². The van der Waals surface area contributed by atoms with Crippen LogP contribution >= 0.6 is 0 Å². The van der Waals surface area contributed by atoms with Crippen molar-refractivity contribution < 1.29 is 4.74 Å². The molecular weight excluding hydrogens is 210 g/mol. The highest BCUT2D eigenvalue weighted by Gasteiger charge is 2.49. The van der Waals surface area contributed by atoms with Crippen LogP contribution in [-0.4, -0.2) is 12.6 Å². The molecule has 0 saturated heterocycles. The third kappa shape index (κ3) is 1.16. The van der Waals surface area contributed by atoms with Crippen LogP contribution in [0.1, 0.15) is 31.2 Å². The number of ether oxygens (including phenoxy) is 1. The van der Waals surface area contributed by atoms with Crippen molar-refractivity contribution in [1.82, 2.24) is 0 Å². The molecule has 1 aromatic carbocycles. The molecule has 2 atom stereocenters. The van der Waals surface area contributed by atoms with Crippen LogP contribution in [0.15, 0.2) is 30.4 Å². The summed E-state index contributed by atoms with van der Waals surface area (Å²) in [5.41, 5.74) is 2.86. The molecule has 2 heteroatoms. The third-order valence-corrected chi connectivity index (χ3v) is 4.43. The van der Waals surface area contributed by atoms with E-state index >= 15 is 0 Å². The fourth-order valence-electron chi connectivity index (χ4n) is 3.70. The first-order valence-electron chi connectivity index (χ1n) is 6.62. The van der Waals surface area contributed by atoms with Crippen molar-refractivity contribution in [2.24, 2.45) is 0 Å². The molecule has 0 bridgehead atoms. The zero-order chi connectivity index (χ0) is 11.3. The molecule has 0 fully saturated rings. The smallest absolute Gasteiger partial charge is 0.126 e. The Hall–Kier alpha value is -1.44. The van der Waals surface area contributed by atoms with Crippen molar-refractivity contribution in [3.8, 4) is 5.75 Å². The summed E-state index contributed by atoms with van der Waals surface area (Å²) in [5.74, 6) is 1.11. The van der Waals surface area contributed by atoms with Gasteiger partial charge in [-0.15, -0.1) is 0 Å². The molecule has 1 aromatic rings. The van der Waals surface area contributed by atoms with Crippen molar-refractivity contribution in [3.05, 3.63) is 35.9 Å². The molecule has 1 aliphatic carbocycles. The van der Waals surface area contributed by atoms with Crippen molar-refractivity contribution in [2.75, 3.05) is 11.9 Å². The molecule has 3 aliphatic rings. The van der Waals surface area contributed by atoms with Crippen LogP contribution in [-0.2, 0) is 5.41 Å². The summed E-state index contributed by atoms with van der Waals surface area (Å²) in [6, 6.07) is 6.42. The standard InChI is InChI=1S/C15H17NO/c1-2-8-15-9-4-10-16-11-5-3-6-12(14(11)15)17-13(15)7-1/h2-3,5-6,8,13,16H,1,4,7,9-10H2. The fourth-order valence-corrected chi connectivity index (χ4v) is 3.70. The van der Waals surface area contributed by atoms with E-state index in [1.54, 1.807) is 0 Å². The zero-order valence-electron chi connectivity index (χ0n) is 9.91. The summed E-state index contributed by atoms with van der Waals surface area (Å²) in [4.78, 5) is 0. The molecular formula is C15H17NO. The maximum absolute atomic E-state index is 6.19. The quantitative estimate of drug-likeness (QED) is 0.687. The summed E-state index contributed by atoms with van der Waals surface area (Å²) in [5, 5.41) is 3.55. The Morgan fingerprint density at radius 3 is 3.35 bits per heavy atom. The highest BCUT2D eigenvalue weighted by atomic mass is 16.5. The number of anilines is 1. The Balaban J connectivity index is 1.99. The lowest BCUT2D eigenvalue weighted by Gasteiger charge is -2.33. The van der Waals surface area contributed by atoms with Gasteiger partial charge in [-0.2, -0.15) is 0 Å². The Labute approximate surface area is 102 Å². The van der Waals surface area contributed by atoms with Gasteiger partial charge < -0.3 is 10.1 Å². The van der Waals surface area contributed by atoms with E-state index in [1.807, 2.05) is 0 Å². The van der Waals surface area contributed by atoms with Crippen molar-refractivity contribution in [2.45, 2.75) is 37.2 Å². The van der Waals surface area contributed by atoms with Crippen LogP contribution in [0.25, 0.3) is 0 Å². The third-order valence-electron chi connectivity index (χ3n) is 4.43. The molecule has 2 nitrogen and oxygen atoms in total. The van der Waals surface area contributed by atoms with E-state index in [0.717, 1.165) is 25.1 Å². The van der Waals surface area contributed by atoms with Crippen LogP contribution in [0.3, 0.4) is 0 Å². The molecule has 1 spiro atoms. The van der Waals surface area contributed by atoms with Gasteiger partial charge in [0.1, 0.15) is 11.9 Å². The summed E-state index contributed by atoms with van der Waals surface area (Å²) < 4.78 is 6.19. The van der Waals surface area contributed by atoms with E-state index in [2.05, 4.69) is 35.7 Å². The summed E-state index contributed by atoms with van der Waals surface area (Å²) >= 11 is 0. The highest BCUT2D eigenvalue weighted by Crippen LogP contribution is 2.53. The second kappa shape index (κ2) is 3.28. The molecule has 88 valence electrons. The molecule has 17 heavy (non-hydrogen) atoms. The van der Waals surface area contributed by atoms with Crippen LogP contribution < -0.4 is 10.1 Å². The van der Waals surface area contributed by atoms with Crippen LogP contribution in [0.5, 0.6) is 5.75 Å². The first-order chi connectivity index (χ1) is 8.40. The molecule has 4 rings (SSSR count). The Morgan fingerprint density at radius 2 is 2.35 bits per heavy atom. The zero-order valence-corrected chi connectivity index (χ0v) is 9.91. The molecule has 1 N–H and O–H groups in total. The molecule has 0 saturated carbocycles. The lowest BCUT2D eigenvalue weighted by Crippen LogP contribution is -2.38. The topological polar surface area (TPSA) is 21.3 Å². The van der Waals surface area contributed by atoms with E-state index in [0.29, 0.717) is 6.10 Å². The van der Waals surface area contributed by atoms with E-state index in [1.165, 1.54) is 24.1 Å². The number of hydrogen-bond acceptors (Lipinski definition) is 2. The van der Waals surface area contributed by atoms with Gasteiger partial charge in [-0.1, -0.05) is 18.2 Å². The normalized spacial score (nSPS) is 33.1. The van der Waals surface area contributed by atoms with Gasteiger partial charge in [0, 0.05) is 17.8 Å². The van der Waals surface area contributed by atoms with Crippen LogP contribution in [0.2, 0.25) is 0 Å². The monoisotopic (exact) mass is 227 g/mol. The number of hydrogen-bond donors (Lipinski definition) is 1. The van der Waals surface area contributed by atoms with Gasteiger partial charge in [0.2, 0.25) is 0 Å². The second-order valence-electron chi connectivity index (χ2n) is 5.34. The molecule has 0 radical (unpaired) electrons. The lowest BCUT2D eigenvalue weighted by molar-refractivity contribution is 0.149. The molecule has 2 heterocycles.